The van der Waals surface area contributed by atoms with E-state index < -0.39 is 17.1 Å². The third-order valence-electron chi connectivity index (χ3n) is 11.8. The van der Waals surface area contributed by atoms with Gasteiger partial charge in [0, 0.05) is 18.8 Å². The predicted octanol–water partition coefficient (Wildman–Crippen LogP) is 5.71. The van der Waals surface area contributed by atoms with E-state index in [1.54, 1.807) is 0 Å². The number of hydrogen-bond donors (Lipinski definition) is 1. The normalized spacial score (nSPS) is 49.4. The molecule has 0 aromatic rings. The van der Waals surface area contributed by atoms with Crippen LogP contribution in [0.15, 0.2) is 0 Å². The van der Waals surface area contributed by atoms with Gasteiger partial charge in [-0.1, -0.05) is 47.0 Å². The van der Waals surface area contributed by atoms with E-state index in [1.807, 2.05) is 0 Å². The molecule has 0 amide bonds. The molecule has 2 saturated heterocycles. The number of esters is 1. The van der Waals surface area contributed by atoms with Crippen molar-refractivity contribution in [2.45, 2.75) is 130 Å². The molecule has 1 N–H and O–H groups in total. The van der Waals surface area contributed by atoms with E-state index in [2.05, 4.69) is 34.6 Å². The lowest BCUT2D eigenvalue weighted by Crippen LogP contribution is -2.80. The van der Waals surface area contributed by atoms with Gasteiger partial charge in [-0.15, -0.1) is 0 Å². The van der Waals surface area contributed by atoms with Gasteiger partial charge in [0.15, 0.2) is 5.78 Å². The molecule has 5 heteroatoms. The molecule has 198 valence electrons. The number of aliphatic hydroxyl groups is 1. The zero-order valence-corrected chi connectivity index (χ0v) is 22.8. The third-order valence-corrected chi connectivity index (χ3v) is 11.8. The fraction of sp³-hybridized carbons (Fsp3) is 0.933. The highest BCUT2D eigenvalue weighted by molar-refractivity contribution is 5.95. The highest BCUT2D eigenvalue weighted by Crippen LogP contribution is 2.72. The summed E-state index contributed by atoms with van der Waals surface area (Å²) < 4.78 is 12.0. The third kappa shape index (κ3) is 3.60. The molecule has 6 rings (SSSR count). The van der Waals surface area contributed by atoms with E-state index in [1.165, 1.54) is 45.4 Å². The second-order valence-corrected chi connectivity index (χ2v) is 13.8. The molecule has 0 radical (unpaired) electrons. The Morgan fingerprint density at radius 3 is 2.54 bits per heavy atom. The molecule has 0 aromatic heterocycles. The van der Waals surface area contributed by atoms with E-state index in [9.17, 15) is 14.7 Å². The molecule has 0 unspecified atom stereocenters. The van der Waals surface area contributed by atoms with Crippen molar-refractivity contribution in [3.8, 4) is 0 Å². The largest absolute Gasteiger partial charge is 0.462 e. The summed E-state index contributed by atoms with van der Waals surface area (Å²) >= 11 is 0. The molecule has 2 aliphatic heterocycles. The van der Waals surface area contributed by atoms with Gasteiger partial charge in [-0.3, -0.25) is 9.59 Å². The van der Waals surface area contributed by atoms with E-state index in [4.69, 9.17) is 9.47 Å². The summed E-state index contributed by atoms with van der Waals surface area (Å²) in [5.41, 5.74) is -1.74. The lowest BCUT2D eigenvalue weighted by molar-refractivity contribution is -0.320. The van der Waals surface area contributed by atoms with Crippen molar-refractivity contribution >= 4 is 11.8 Å². The standard InChI is InChI=1S/C30H48O5/c1-17(2)8-7-9-18(3)22-10-11-23-25-24(13-14-28(22,23)6)29-15-12-21(35-20(5)31)16-30(29,33)27(32)26(25)34-19(29)4/h17-19,21-26,33H,7-16H2,1-6H3/t18-,19-,21-,22-,23+,24+,25+,26-,28-,29+,30+/m1/s1. The van der Waals surface area contributed by atoms with Crippen LogP contribution in [0, 0.1) is 46.3 Å². The fourth-order valence-corrected chi connectivity index (χ4v) is 10.4. The van der Waals surface area contributed by atoms with Crippen molar-refractivity contribution in [3.05, 3.63) is 0 Å². The topological polar surface area (TPSA) is 72.8 Å². The van der Waals surface area contributed by atoms with Crippen LogP contribution in [0.4, 0.5) is 0 Å². The maximum absolute atomic E-state index is 14.0. The molecular formula is C30H48O5. The van der Waals surface area contributed by atoms with Crippen LogP contribution in [0.3, 0.4) is 0 Å². The van der Waals surface area contributed by atoms with Crippen molar-refractivity contribution in [2.75, 3.05) is 0 Å². The van der Waals surface area contributed by atoms with Crippen molar-refractivity contribution in [3.63, 3.8) is 0 Å². The summed E-state index contributed by atoms with van der Waals surface area (Å²) in [5, 5.41) is 12.1. The zero-order chi connectivity index (χ0) is 25.3. The first-order valence-corrected chi connectivity index (χ1v) is 14.5. The van der Waals surface area contributed by atoms with Gasteiger partial charge in [-0.25, -0.2) is 0 Å². The van der Waals surface area contributed by atoms with Gasteiger partial charge in [0.25, 0.3) is 0 Å². The van der Waals surface area contributed by atoms with Crippen LogP contribution < -0.4 is 0 Å². The first-order chi connectivity index (χ1) is 16.5. The number of ketones is 1. The second-order valence-electron chi connectivity index (χ2n) is 13.8. The van der Waals surface area contributed by atoms with Crippen molar-refractivity contribution in [1.82, 2.24) is 0 Å². The number of fused-ring (bicyclic) bond motifs is 2. The summed E-state index contributed by atoms with van der Waals surface area (Å²) in [6.45, 7) is 13.1. The van der Waals surface area contributed by atoms with Crippen LogP contribution in [0.5, 0.6) is 0 Å². The SMILES string of the molecule is CC(=O)O[C@@H]1CC[C@@]23[C@@H](C)O[C@@H](C(=O)[C@@]2(O)C1)[C@H]1[C@@H]2CC[C@H]([C@H](C)CCCC(C)C)[C@@]2(C)CC[C@@H]13. The van der Waals surface area contributed by atoms with Crippen LogP contribution in [-0.4, -0.2) is 40.8 Å². The lowest BCUT2D eigenvalue weighted by atomic mass is 9.39. The van der Waals surface area contributed by atoms with Gasteiger partial charge in [0.05, 0.1) is 6.10 Å². The molecule has 5 nitrogen and oxygen atoms in total. The maximum atomic E-state index is 14.0. The van der Waals surface area contributed by atoms with Crippen molar-refractivity contribution in [2.24, 2.45) is 46.3 Å². The van der Waals surface area contributed by atoms with Crippen LogP contribution in [0.2, 0.25) is 0 Å². The molecule has 2 heterocycles. The van der Waals surface area contributed by atoms with E-state index in [0.29, 0.717) is 36.5 Å². The quantitative estimate of drug-likeness (QED) is 0.485. The number of carbonyl (C=O) groups is 2. The molecule has 6 fully saturated rings. The minimum absolute atomic E-state index is 0.119. The smallest absolute Gasteiger partial charge is 0.302 e. The summed E-state index contributed by atoms with van der Waals surface area (Å²) in [5.74, 6) is 2.76. The molecule has 4 saturated carbocycles. The fourth-order valence-electron chi connectivity index (χ4n) is 10.4. The Bertz CT molecular complexity index is 854. The molecular weight excluding hydrogens is 440 g/mol. The van der Waals surface area contributed by atoms with E-state index in [0.717, 1.165) is 12.3 Å². The number of hydrogen-bond acceptors (Lipinski definition) is 5. The molecule has 6 aliphatic rings. The highest BCUT2D eigenvalue weighted by Gasteiger charge is 2.77. The van der Waals surface area contributed by atoms with Crippen LogP contribution >= 0.6 is 0 Å². The van der Waals surface area contributed by atoms with Gasteiger partial charge in [-0.05, 0) is 86.4 Å². The summed E-state index contributed by atoms with van der Waals surface area (Å²) in [7, 11) is 0. The van der Waals surface area contributed by atoms with Crippen LogP contribution in [0.25, 0.3) is 0 Å². The highest BCUT2D eigenvalue weighted by atomic mass is 16.5. The number of ether oxygens (including phenoxy) is 2. The minimum Gasteiger partial charge on any atom is -0.462 e. The number of Topliss-reactive ketones (excluding diaryl/α,β-unsaturated/α-hetero) is 1. The van der Waals surface area contributed by atoms with Crippen LogP contribution in [0.1, 0.15) is 106 Å². The number of carbonyl (C=O) groups excluding carboxylic acids is 2. The second kappa shape index (κ2) is 8.82. The van der Waals surface area contributed by atoms with Crippen molar-refractivity contribution in [1.29, 1.82) is 0 Å². The Kier molecular flexibility index (Phi) is 6.48. The predicted molar refractivity (Wildman–Crippen MR) is 135 cm³/mol. The van der Waals surface area contributed by atoms with Gasteiger partial charge >= 0.3 is 5.97 Å². The average Bonchev–Trinajstić information content (AvgIpc) is 3.12. The minimum atomic E-state index is -1.44. The monoisotopic (exact) mass is 488 g/mol. The zero-order valence-electron chi connectivity index (χ0n) is 22.8. The van der Waals surface area contributed by atoms with Crippen molar-refractivity contribution < 1.29 is 24.2 Å². The summed E-state index contributed by atoms with van der Waals surface area (Å²) in [6.07, 6.45) is 9.21. The Morgan fingerprint density at radius 2 is 1.86 bits per heavy atom. The van der Waals surface area contributed by atoms with Gasteiger partial charge < -0.3 is 14.6 Å². The molecule has 11 atom stereocenters. The molecule has 2 bridgehead atoms. The van der Waals surface area contributed by atoms with Gasteiger partial charge in [0.2, 0.25) is 0 Å². The average molecular weight is 489 g/mol. The van der Waals surface area contributed by atoms with Gasteiger partial charge in [0.1, 0.15) is 17.8 Å². The lowest BCUT2D eigenvalue weighted by Gasteiger charge is -2.70. The Labute approximate surface area is 212 Å². The first-order valence-electron chi connectivity index (χ1n) is 14.5. The first kappa shape index (κ1) is 25.7. The summed E-state index contributed by atoms with van der Waals surface area (Å²) in [4.78, 5) is 25.6. The maximum Gasteiger partial charge on any atom is 0.302 e. The number of rotatable bonds is 6. The van der Waals surface area contributed by atoms with E-state index >= 15 is 0 Å². The Morgan fingerprint density at radius 1 is 1.11 bits per heavy atom. The van der Waals surface area contributed by atoms with Gasteiger partial charge in [-0.2, -0.15) is 0 Å². The Balaban J connectivity index is 1.41. The molecule has 4 aliphatic carbocycles. The molecule has 1 spiro atoms. The van der Waals surface area contributed by atoms with Crippen LogP contribution in [-0.2, 0) is 19.1 Å². The summed E-state index contributed by atoms with van der Waals surface area (Å²) in [6, 6.07) is 0. The Hall–Kier alpha value is -0.940. The molecule has 0 aromatic carbocycles. The van der Waals surface area contributed by atoms with E-state index in [-0.39, 0.29) is 41.7 Å². The molecule has 35 heavy (non-hydrogen) atoms.